The van der Waals surface area contributed by atoms with E-state index in [2.05, 4.69) is 4.74 Å². The summed E-state index contributed by atoms with van der Waals surface area (Å²) in [5.41, 5.74) is -2.90. The summed E-state index contributed by atoms with van der Waals surface area (Å²) >= 11 is 0. The van der Waals surface area contributed by atoms with Gasteiger partial charge >= 0.3 is 5.97 Å². The highest BCUT2D eigenvalue weighted by molar-refractivity contribution is 5.91. The van der Waals surface area contributed by atoms with Crippen molar-refractivity contribution in [3.05, 3.63) is 38.9 Å². The third-order valence-corrected chi connectivity index (χ3v) is 2.20. The van der Waals surface area contributed by atoms with Crippen LogP contribution in [0.4, 0.5) is 14.5 Å². The number of nitriles is 1. The average Bonchev–Trinajstić information content (AvgIpc) is 2.36. The number of nitrogens with zero attached hydrogens (tertiary/aromatic N) is 2. The Morgan fingerprint density at radius 2 is 2.21 bits per heavy atom. The van der Waals surface area contributed by atoms with Crippen molar-refractivity contribution in [1.82, 2.24) is 0 Å². The number of nitro groups is 1. The van der Waals surface area contributed by atoms with Crippen LogP contribution in [-0.2, 0) is 4.74 Å². The molecule has 0 radical (unpaired) electrons. The lowest BCUT2D eigenvalue weighted by molar-refractivity contribution is -0.386. The Hall–Kier alpha value is -2.56. The third kappa shape index (κ3) is 3.01. The van der Waals surface area contributed by atoms with Crippen molar-refractivity contribution in [2.24, 2.45) is 0 Å². The minimum absolute atomic E-state index is 0.0190. The molecule has 0 amide bonds. The van der Waals surface area contributed by atoms with E-state index in [4.69, 9.17) is 5.26 Å². The quantitative estimate of drug-likeness (QED) is 0.476. The van der Waals surface area contributed by atoms with Crippen LogP contribution in [0.5, 0.6) is 0 Å². The number of ether oxygens (including phenoxy) is 1. The van der Waals surface area contributed by atoms with E-state index in [0.29, 0.717) is 6.07 Å². The van der Waals surface area contributed by atoms with Gasteiger partial charge in [-0.1, -0.05) is 0 Å². The van der Waals surface area contributed by atoms with Crippen molar-refractivity contribution in [3.63, 3.8) is 0 Å². The lowest BCUT2D eigenvalue weighted by Crippen LogP contribution is -2.08. The van der Waals surface area contributed by atoms with Crippen LogP contribution in [0.1, 0.15) is 34.8 Å². The van der Waals surface area contributed by atoms with Crippen LogP contribution in [0.2, 0.25) is 0 Å². The number of rotatable bonds is 4. The number of halogens is 2. The number of carbonyl (C=O) groups is 1. The molecule has 0 heterocycles. The van der Waals surface area contributed by atoms with Gasteiger partial charge in [0.25, 0.3) is 12.1 Å². The summed E-state index contributed by atoms with van der Waals surface area (Å²) in [5.74, 6) is -0.914. The van der Waals surface area contributed by atoms with Gasteiger partial charge in [-0.2, -0.15) is 5.26 Å². The summed E-state index contributed by atoms with van der Waals surface area (Å²) in [7, 11) is 0. The Bertz CT molecular complexity index is 567. The third-order valence-electron chi connectivity index (χ3n) is 2.20. The van der Waals surface area contributed by atoms with E-state index in [1.165, 1.54) is 13.0 Å². The zero-order valence-electron chi connectivity index (χ0n) is 9.72. The highest BCUT2D eigenvalue weighted by Gasteiger charge is 2.28. The Kier molecular flexibility index (Phi) is 4.47. The normalized spacial score (nSPS) is 10.1. The summed E-state index contributed by atoms with van der Waals surface area (Å²) in [6, 6.07) is 2.95. The molecule has 100 valence electrons. The molecular weight excluding hydrogens is 262 g/mol. The van der Waals surface area contributed by atoms with Crippen molar-refractivity contribution in [3.8, 4) is 6.07 Å². The molecule has 0 aliphatic rings. The van der Waals surface area contributed by atoms with Gasteiger partial charge in [-0.25, -0.2) is 13.6 Å². The fourth-order valence-corrected chi connectivity index (χ4v) is 1.44. The first kappa shape index (κ1) is 14.5. The average molecular weight is 270 g/mol. The molecule has 0 bridgehead atoms. The Balaban J connectivity index is 3.50. The van der Waals surface area contributed by atoms with E-state index in [-0.39, 0.29) is 12.2 Å². The minimum atomic E-state index is -3.19. The number of hydrogen-bond donors (Lipinski definition) is 0. The van der Waals surface area contributed by atoms with E-state index in [1.807, 2.05) is 0 Å². The fraction of sp³-hybridized carbons (Fsp3) is 0.273. The number of carbonyl (C=O) groups excluding carboxylic acids is 1. The second kappa shape index (κ2) is 5.86. The van der Waals surface area contributed by atoms with Crippen LogP contribution in [0.3, 0.4) is 0 Å². The summed E-state index contributed by atoms with van der Waals surface area (Å²) in [6.45, 7) is 1.54. The zero-order valence-corrected chi connectivity index (χ0v) is 9.72. The molecule has 0 spiro atoms. The topological polar surface area (TPSA) is 93.2 Å². The first-order valence-corrected chi connectivity index (χ1v) is 5.10. The van der Waals surface area contributed by atoms with Crippen molar-refractivity contribution in [2.45, 2.75) is 13.3 Å². The number of esters is 1. The second-order valence-electron chi connectivity index (χ2n) is 3.35. The van der Waals surface area contributed by atoms with Crippen molar-refractivity contribution in [1.29, 1.82) is 5.26 Å². The summed E-state index contributed by atoms with van der Waals surface area (Å²) in [4.78, 5) is 21.1. The zero-order chi connectivity index (χ0) is 14.6. The molecule has 0 unspecified atom stereocenters. The van der Waals surface area contributed by atoms with Crippen molar-refractivity contribution in [2.75, 3.05) is 6.61 Å². The molecule has 0 aromatic heterocycles. The molecule has 0 N–H and O–H groups in total. The van der Waals surface area contributed by atoms with Crippen LogP contribution >= 0.6 is 0 Å². The van der Waals surface area contributed by atoms with Gasteiger partial charge in [0.15, 0.2) is 0 Å². The van der Waals surface area contributed by atoms with Crippen LogP contribution in [-0.4, -0.2) is 17.5 Å². The second-order valence-corrected chi connectivity index (χ2v) is 3.35. The van der Waals surface area contributed by atoms with Gasteiger partial charge in [-0.15, -0.1) is 0 Å². The summed E-state index contributed by atoms with van der Waals surface area (Å²) in [6.07, 6.45) is -3.19. The maximum absolute atomic E-state index is 12.7. The highest BCUT2D eigenvalue weighted by atomic mass is 19.3. The fourth-order valence-electron chi connectivity index (χ4n) is 1.44. The van der Waals surface area contributed by atoms with E-state index < -0.39 is 34.1 Å². The molecule has 0 aliphatic carbocycles. The van der Waals surface area contributed by atoms with Gasteiger partial charge in [0, 0.05) is 6.07 Å². The molecule has 0 saturated carbocycles. The Morgan fingerprint density at radius 3 is 2.63 bits per heavy atom. The van der Waals surface area contributed by atoms with Gasteiger partial charge < -0.3 is 4.74 Å². The largest absolute Gasteiger partial charge is 0.462 e. The van der Waals surface area contributed by atoms with Crippen molar-refractivity contribution >= 4 is 11.7 Å². The molecule has 0 aliphatic heterocycles. The smallest absolute Gasteiger partial charge is 0.338 e. The van der Waals surface area contributed by atoms with Crippen LogP contribution in [0.15, 0.2) is 12.1 Å². The first-order valence-electron chi connectivity index (χ1n) is 5.10. The van der Waals surface area contributed by atoms with Crippen LogP contribution in [0.25, 0.3) is 0 Å². The monoisotopic (exact) mass is 270 g/mol. The summed E-state index contributed by atoms with van der Waals surface area (Å²) < 4.78 is 30.1. The number of benzene rings is 1. The standard InChI is InChI=1S/C11H8F2N2O4/c1-2-19-11(16)6-3-7(5-14)9(10(12)13)8(4-6)15(17)18/h3-4,10H,2H2,1H3. The molecule has 6 nitrogen and oxygen atoms in total. The molecular formula is C11H8F2N2O4. The number of hydrogen-bond acceptors (Lipinski definition) is 5. The highest BCUT2D eigenvalue weighted by Crippen LogP contribution is 2.33. The first-order chi connectivity index (χ1) is 8.92. The molecule has 1 rings (SSSR count). The van der Waals surface area contributed by atoms with Gasteiger partial charge in [0.1, 0.15) is 5.56 Å². The molecule has 0 fully saturated rings. The van der Waals surface area contributed by atoms with E-state index >= 15 is 0 Å². The molecule has 1 aromatic rings. The maximum Gasteiger partial charge on any atom is 0.338 e. The minimum Gasteiger partial charge on any atom is -0.462 e. The Morgan fingerprint density at radius 1 is 1.58 bits per heavy atom. The SMILES string of the molecule is CCOC(=O)c1cc(C#N)c(C(F)F)c([N+](=O)[O-])c1. The molecule has 0 saturated heterocycles. The van der Waals surface area contributed by atoms with Crippen molar-refractivity contribution < 1.29 is 23.2 Å². The van der Waals surface area contributed by atoms with E-state index in [0.717, 1.165) is 6.07 Å². The van der Waals surface area contributed by atoms with Crippen LogP contribution in [0, 0.1) is 21.4 Å². The van der Waals surface area contributed by atoms with E-state index in [9.17, 15) is 23.7 Å². The van der Waals surface area contributed by atoms with E-state index in [1.54, 1.807) is 0 Å². The predicted molar refractivity (Wildman–Crippen MR) is 58.7 cm³/mol. The number of alkyl halides is 2. The molecule has 8 heteroatoms. The van der Waals surface area contributed by atoms with Crippen LogP contribution < -0.4 is 0 Å². The molecule has 0 atom stereocenters. The predicted octanol–water partition coefficient (Wildman–Crippen LogP) is 2.58. The van der Waals surface area contributed by atoms with Gasteiger partial charge in [0.2, 0.25) is 0 Å². The Labute approximate surface area is 106 Å². The van der Waals surface area contributed by atoms with Gasteiger partial charge in [-0.3, -0.25) is 10.1 Å². The lowest BCUT2D eigenvalue weighted by Gasteiger charge is -2.07. The molecule has 1 aromatic carbocycles. The lowest BCUT2D eigenvalue weighted by atomic mass is 10.0. The van der Waals surface area contributed by atoms with Gasteiger partial charge in [-0.05, 0) is 13.0 Å². The maximum atomic E-state index is 12.7. The molecule has 19 heavy (non-hydrogen) atoms. The summed E-state index contributed by atoms with van der Waals surface area (Å²) in [5, 5.41) is 19.5. The number of nitro benzene ring substituents is 1. The van der Waals surface area contributed by atoms with Gasteiger partial charge in [0.05, 0.1) is 28.7 Å².